The molecule has 4 rings (SSSR count). The van der Waals surface area contributed by atoms with Crippen LogP contribution in [0, 0.1) is 0 Å². The smallest absolute Gasteiger partial charge is 0.157 e. The summed E-state index contributed by atoms with van der Waals surface area (Å²) >= 11 is 0. The van der Waals surface area contributed by atoms with E-state index in [1.54, 1.807) is 18.4 Å². The van der Waals surface area contributed by atoms with Gasteiger partial charge in [0.25, 0.3) is 0 Å². The third-order valence-corrected chi connectivity index (χ3v) is 4.97. The number of carbonyl (C=O) groups is 1. The molecule has 0 aromatic heterocycles. The van der Waals surface area contributed by atoms with E-state index in [0.29, 0.717) is 12.0 Å². The van der Waals surface area contributed by atoms with Crippen molar-refractivity contribution in [3.05, 3.63) is 58.8 Å². The Morgan fingerprint density at radius 3 is 2.48 bits per heavy atom. The Kier molecular flexibility index (Phi) is 4.18. The van der Waals surface area contributed by atoms with Gasteiger partial charge in [-0.05, 0) is 72.7 Å². The normalized spacial score (nSPS) is 15.9. The van der Waals surface area contributed by atoms with Crippen molar-refractivity contribution in [2.75, 3.05) is 18.0 Å². The number of nitrogens with zero attached hydrogens (tertiary/aromatic N) is 1. The highest BCUT2D eigenvalue weighted by molar-refractivity contribution is 5.83. The van der Waals surface area contributed by atoms with Crippen molar-refractivity contribution >= 4 is 18.0 Å². The number of rotatable bonds is 4. The number of aromatic hydroxyl groups is 1. The number of aldehydes is 1. The topological polar surface area (TPSA) is 49.8 Å². The Balaban J connectivity index is 1.59. The van der Waals surface area contributed by atoms with Crippen LogP contribution < -0.4 is 9.64 Å². The van der Waals surface area contributed by atoms with Crippen LogP contribution in [0.4, 0.5) is 5.69 Å². The minimum atomic E-state index is -0.0702. The predicted molar refractivity (Wildman–Crippen MR) is 98.5 cm³/mol. The number of carbonyl (C=O) groups excluding carboxylic acids is 1. The van der Waals surface area contributed by atoms with Gasteiger partial charge in [0.2, 0.25) is 0 Å². The lowest BCUT2D eigenvalue weighted by molar-refractivity contribution is 0.111. The number of aryl methyl sites for hydroxylation is 2. The zero-order valence-corrected chi connectivity index (χ0v) is 14.1. The highest BCUT2D eigenvalue weighted by Gasteiger charge is 2.23. The van der Waals surface area contributed by atoms with E-state index in [2.05, 4.69) is 17.0 Å². The van der Waals surface area contributed by atoms with Crippen LogP contribution in [0.5, 0.6) is 11.5 Å². The molecule has 2 aromatic rings. The fraction of sp³-hybridized carbons (Fsp3) is 0.286. The zero-order chi connectivity index (χ0) is 17.2. The van der Waals surface area contributed by atoms with Gasteiger partial charge in [0, 0.05) is 18.8 Å². The van der Waals surface area contributed by atoms with Gasteiger partial charge in [-0.1, -0.05) is 6.07 Å². The Morgan fingerprint density at radius 1 is 1.08 bits per heavy atom. The van der Waals surface area contributed by atoms with Gasteiger partial charge in [-0.25, -0.2) is 0 Å². The Hall–Kier alpha value is -2.75. The van der Waals surface area contributed by atoms with Gasteiger partial charge in [0.05, 0.1) is 11.8 Å². The standard InChI is InChI=1S/C21H21NO3/c23-14-18-19(24)6-1-7-20(18)25-11-8-15-12-16-4-2-9-22-10-3-5-17(13-15)21(16)22/h1,6-8,11-14,24H,2-5,9-10H2. The molecule has 0 bridgehead atoms. The van der Waals surface area contributed by atoms with E-state index >= 15 is 0 Å². The van der Waals surface area contributed by atoms with E-state index in [0.717, 1.165) is 18.4 Å². The Labute approximate surface area is 147 Å². The molecule has 0 spiro atoms. The zero-order valence-electron chi connectivity index (χ0n) is 14.1. The Morgan fingerprint density at radius 2 is 1.80 bits per heavy atom. The summed E-state index contributed by atoms with van der Waals surface area (Å²) in [6.45, 7) is 2.34. The largest absolute Gasteiger partial charge is 0.507 e. The van der Waals surface area contributed by atoms with E-state index in [1.807, 2.05) is 6.08 Å². The molecule has 1 N–H and O–H groups in total. The molecule has 2 aliphatic heterocycles. The van der Waals surface area contributed by atoms with Crippen LogP contribution in [-0.2, 0) is 12.8 Å². The van der Waals surface area contributed by atoms with Crippen molar-refractivity contribution in [1.29, 1.82) is 0 Å². The van der Waals surface area contributed by atoms with Crippen molar-refractivity contribution in [3.8, 4) is 11.5 Å². The van der Waals surface area contributed by atoms with Gasteiger partial charge in [0.15, 0.2) is 6.29 Å². The first kappa shape index (κ1) is 15.8. The summed E-state index contributed by atoms with van der Waals surface area (Å²) in [4.78, 5) is 13.6. The van der Waals surface area contributed by atoms with E-state index in [-0.39, 0.29) is 11.3 Å². The van der Waals surface area contributed by atoms with Crippen LogP contribution >= 0.6 is 0 Å². The minimum Gasteiger partial charge on any atom is -0.507 e. The second kappa shape index (κ2) is 6.63. The fourth-order valence-corrected chi connectivity index (χ4v) is 3.87. The van der Waals surface area contributed by atoms with Crippen molar-refractivity contribution in [2.45, 2.75) is 25.7 Å². The summed E-state index contributed by atoms with van der Waals surface area (Å²) in [7, 11) is 0. The molecular formula is C21H21NO3. The van der Waals surface area contributed by atoms with E-state index < -0.39 is 0 Å². The molecule has 4 nitrogen and oxygen atoms in total. The maximum atomic E-state index is 11.1. The van der Waals surface area contributed by atoms with Crippen molar-refractivity contribution < 1.29 is 14.6 Å². The number of phenols is 1. The molecule has 0 saturated carbocycles. The second-order valence-corrected chi connectivity index (χ2v) is 6.61. The highest BCUT2D eigenvalue weighted by atomic mass is 16.5. The fourth-order valence-electron chi connectivity index (χ4n) is 3.87. The van der Waals surface area contributed by atoms with Gasteiger partial charge in [-0.2, -0.15) is 0 Å². The van der Waals surface area contributed by atoms with Crippen LogP contribution in [0.2, 0.25) is 0 Å². The van der Waals surface area contributed by atoms with Gasteiger partial charge in [-0.3, -0.25) is 4.79 Å². The summed E-state index contributed by atoms with van der Waals surface area (Å²) in [5.74, 6) is 0.288. The average molecular weight is 335 g/mol. The van der Waals surface area contributed by atoms with E-state index in [4.69, 9.17) is 4.74 Å². The molecule has 2 aliphatic rings. The molecule has 0 aliphatic carbocycles. The monoisotopic (exact) mass is 335 g/mol. The van der Waals surface area contributed by atoms with Crippen molar-refractivity contribution in [1.82, 2.24) is 0 Å². The second-order valence-electron chi connectivity index (χ2n) is 6.61. The molecule has 0 radical (unpaired) electrons. The van der Waals surface area contributed by atoms with Crippen molar-refractivity contribution in [2.24, 2.45) is 0 Å². The molecule has 0 unspecified atom stereocenters. The van der Waals surface area contributed by atoms with Crippen LogP contribution in [-0.4, -0.2) is 24.5 Å². The lowest BCUT2D eigenvalue weighted by Gasteiger charge is -2.37. The molecule has 2 aromatic carbocycles. The number of phenolic OH excluding ortho intramolecular Hbond substituents is 1. The summed E-state index contributed by atoms with van der Waals surface area (Å²) in [5.41, 5.74) is 5.59. The number of hydrogen-bond acceptors (Lipinski definition) is 4. The van der Waals surface area contributed by atoms with Gasteiger partial charge in [-0.15, -0.1) is 0 Å². The molecule has 25 heavy (non-hydrogen) atoms. The quantitative estimate of drug-likeness (QED) is 0.679. The van der Waals surface area contributed by atoms with Crippen molar-refractivity contribution in [3.63, 3.8) is 0 Å². The average Bonchev–Trinajstić information content (AvgIpc) is 2.62. The number of anilines is 1. The maximum absolute atomic E-state index is 11.1. The first-order valence-electron chi connectivity index (χ1n) is 8.77. The SMILES string of the molecule is O=Cc1c(O)cccc1OC=Cc1cc2c3c(c1)CCCN3CCC2. The van der Waals surface area contributed by atoms with Gasteiger partial charge >= 0.3 is 0 Å². The molecule has 2 heterocycles. The first-order valence-corrected chi connectivity index (χ1v) is 8.77. The maximum Gasteiger partial charge on any atom is 0.157 e. The minimum absolute atomic E-state index is 0.0702. The Bertz CT molecular complexity index is 810. The third-order valence-electron chi connectivity index (χ3n) is 4.97. The number of benzene rings is 2. The molecule has 0 amide bonds. The van der Waals surface area contributed by atoms with Crippen LogP contribution in [0.3, 0.4) is 0 Å². The van der Waals surface area contributed by atoms with Crippen LogP contribution in [0.25, 0.3) is 6.08 Å². The lowest BCUT2D eigenvalue weighted by Crippen LogP contribution is -2.34. The van der Waals surface area contributed by atoms with Gasteiger partial charge < -0.3 is 14.7 Å². The molecule has 0 atom stereocenters. The van der Waals surface area contributed by atoms with Gasteiger partial charge in [0.1, 0.15) is 11.5 Å². The first-order chi connectivity index (χ1) is 12.3. The molecule has 0 fully saturated rings. The molecule has 0 saturated heterocycles. The lowest BCUT2D eigenvalue weighted by atomic mass is 9.90. The predicted octanol–water partition coefficient (Wildman–Crippen LogP) is 3.95. The van der Waals surface area contributed by atoms with Crippen LogP contribution in [0.1, 0.15) is 39.9 Å². The number of ether oxygens (including phenoxy) is 1. The summed E-state index contributed by atoms with van der Waals surface area (Å²) < 4.78 is 5.58. The number of hydrogen-bond donors (Lipinski definition) is 1. The highest BCUT2D eigenvalue weighted by Crippen LogP contribution is 2.36. The summed E-state index contributed by atoms with van der Waals surface area (Å²) in [6, 6.07) is 9.27. The molecular weight excluding hydrogens is 314 g/mol. The molecule has 4 heteroatoms. The van der Waals surface area contributed by atoms with Crippen LogP contribution in [0.15, 0.2) is 36.6 Å². The third kappa shape index (κ3) is 3.00. The van der Waals surface area contributed by atoms with E-state index in [9.17, 15) is 9.90 Å². The van der Waals surface area contributed by atoms with E-state index in [1.165, 1.54) is 48.8 Å². The molecule has 128 valence electrons. The summed E-state index contributed by atoms with van der Waals surface area (Å²) in [5, 5.41) is 9.70. The summed E-state index contributed by atoms with van der Waals surface area (Å²) in [6.07, 6.45) is 8.79.